The number of hydrogen-bond donors (Lipinski definition) is 1. The van der Waals surface area contributed by atoms with Crippen LogP contribution < -0.4 is 0 Å². The molecule has 5 heteroatoms. The first-order chi connectivity index (χ1) is 10.5. The third kappa shape index (κ3) is 3.23. The van der Waals surface area contributed by atoms with Crippen LogP contribution in [0.2, 0.25) is 0 Å². The Morgan fingerprint density at radius 3 is 2.73 bits per heavy atom. The minimum absolute atomic E-state index is 0.127. The largest absolute Gasteiger partial charge is 0.389 e. The van der Waals surface area contributed by atoms with Crippen LogP contribution in [0, 0.1) is 25.2 Å². The van der Waals surface area contributed by atoms with Crippen LogP contribution in [0.5, 0.6) is 0 Å². The van der Waals surface area contributed by atoms with E-state index in [1.165, 1.54) is 4.90 Å². The molecule has 0 saturated carbocycles. The molecule has 0 bridgehead atoms. The van der Waals surface area contributed by atoms with Crippen LogP contribution in [0.3, 0.4) is 0 Å². The summed E-state index contributed by atoms with van der Waals surface area (Å²) in [7, 11) is 0. The second-order valence-corrected chi connectivity index (χ2v) is 5.87. The van der Waals surface area contributed by atoms with Crippen LogP contribution in [0.25, 0.3) is 6.08 Å². The smallest absolute Gasteiger partial charge is 0.264 e. The second-order valence-electron chi connectivity index (χ2n) is 5.87. The molecule has 1 saturated heterocycles. The number of aromatic nitrogens is 1. The topological polar surface area (TPSA) is 69.3 Å². The van der Waals surface area contributed by atoms with Gasteiger partial charge >= 0.3 is 0 Å². The zero-order valence-electron chi connectivity index (χ0n) is 13.5. The number of carbonyl (C=O) groups is 1. The van der Waals surface area contributed by atoms with Crippen LogP contribution in [-0.4, -0.2) is 39.7 Å². The van der Waals surface area contributed by atoms with Gasteiger partial charge in [-0.3, -0.25) is 4.79 Å². The number of aliphatic hydroxyl groups excluding tert-OH is 1. The van der Waals surface area contributed by atoms with Crippen molar-refractivity contribution in [1.82, 2.24) is 9.47 Å². The number of amides is 1. The van der Waals surface area contributed by atoms with Crippen molar-refractivity contribution in [3.8, 4) is 6.07 Å². The first-order valence-electron chi connectivity index (χ1n) is 7.73. The third-order valence-electron chi connectivity index (χ3n) is 4.15. The summed E-state index contributed by atoms with van der Waals surface area (Å²) < 4.78 is 2.22. The molecule has 1 aliphatic heterocycles. The van der Waals surface area contributed by atoms with Crippen molar-refractivity contribution in [3.05, 3.63) is 28.6 Å². The van der Waals surface area contributed by atoms with Gasteiger partial charge in [0.05, 0.1) is 6.10 Å². The van der Waals surface area contributed by atoms with Gasteiger partial charge in [0.25, 0.3) is 5.91 Å². The summed E-state index contributed by atoms with van der Waals surface area (Å²) in [5, 5.41) is 18.5. The molecule has 1 fully saturated rings. The first-order valence-corrected chi connectivity index (χ1v) is 7.73. The number of aryl methyl sites for hydroxylation is 1. The molecule has 22 heavy (non-hydrogen) atoms. The van der Waals surface area contributed by atoms with Gasteiger partial charge in [-0.05, 0) is 38.0 Å². The normalized spacial score (nSPS) is 15.6. The standard InChI is InChI=1S/C17H23N3O2/c1-4-5-6-20-12(2)7-14(13(20)3)8-15(9-18)17(22)19-10-16(21)11-19/h7-8,16,21H,4-6,10-11H2,1-3H3/b15-8-. The van der Waals surface area contributed by atoms with Gasteiger partial charge in [-0.2, -0.15) is 5.26 Å². The molecule has 2 rings (SSSR count). The highest BCUT2D eigenvalue weighted by Crippen LogP contribution is 2.20. The zero-order valence-corrected chi connectivity index (χ0v) is 13.5. The molecule has 0 aliphatic carbocycles. The summed E-state index contributed by atoms with van der Waals surface area (Å²) in [6.45, 7) is 7.79. The molecule has 1 aromatic rings. The highest BCUT2D eigenvalue weighted by molar-refractivity contribution is 6.02. The summed E-state index contributed by atoms with van der Waals surface area (Å²) in [5.74, 6) is -0.300. The molecule has 5 nitrogen and oxygen atoms in total. The Kier molecular flexibility index (Phi) is 5.04. The molecule has 2 heterocycles. The fourth-order valence-electron chi connectivity index (χ4n) is 2.72. The monoisotopic (exact) mass is 301 g/mol. The third-order valence-corrected chi connectivity index (χ3v) is 4.15. The van der Waals surface area contributed by atoms with E-state index >= 15 is 0 Å². The van der Waals surface area contributed by atoms with Crippen molar-refractivity contribution in [3.63, 3.8) is 0 Å². The van der Waals surface area contributed by atoms with Gasteiger partial charge in [-0.1, -0.05) is 13.3 Å². The van der Waals surface area contributed by atoms with Crippen molar-refractivity contribution in [2.45, 2.75) is 46.3 Å². The number of likely N-dealkylation sites (tertiary alicyclic amines) is 1. The molecule has 0 unspecified atom stereocenters. The SMILES string of the molecule is CCCCn1c(C)cc(/C=C(/C#N)C(=O)N2CC(O)C2)c1C. The van der Waals surface area contributed by atoms with Crippen molar-refractivity contribution in [2.75, 3.05) is 13.1 Å². The lowest BCUT2D eigenvalue weighted by molar-refractivity contribution is -0.136. The van der Waals surface area contributed by atoms with E-state index in [0.29, 0.717) is 13.1 Å². The Hall–Kier alpha value is -2.06. The highest BCUT2D eigenvalue weighted by Gasteiger charge is 2.30. The summed E-state index contributed by atoms with van der Waals surface area (Å²) >= 11 is 0. The number of nitrogens with zero attached hydrogens (tertiary/aromatic N) is 3. The van der Waals surface area contributed by atoms with E-state index < -0.39 is 6.10 Å². The van der Waals surface area contributed by atoms with Gasteiger partial charge in [-0.25, -0.2) is 0 Å². The predicted octanol–water partition coefficient (Wildman–Crippen LogP) is 2.02. The number of nitriles is 1. The maximum Gasteiger partial charge on any atom is 0.264 e. The average molecular weight is 301 g/mol. The average Bonchev–Trinajstić information content (AvgIpc) is 2.73. The van der Waals surface area contributed by atoms with E-state index in [2.05, 4.69) is 11.5 Å². The van der Waals surface area contributed by atoms with E-state index in [-0.39, 0.29) is 11.5 Å². The Balaban J connectivity index is 2.23. The van der Waals surface area contributed by atoms with E-state index in [1.807, 2.05) is 26.0 Å². The number of carbonyl (C=O) groups excluding carboxylic acids is 1. The molecule has 0 aromatic carbocycles. The Morgan fingerprint density at radius 2 is 2.18 bits per heavy atom. The highest BCUT2D eigenvalue weighted by atomic mass is 16.3. The lowest BCUT2D eigenvalue weighted by Gasteiger charge is -2.35. The molecular formula is C17H23N3O2. The second kappa shape index (κ2) is 6.80. The number of rotatable bonds is 5. The lowest BCUT2D eigenvalue weighted by atomic mass is 10.1. The summed E-state index contributed by atoms with van der Waals surface area (Å²) in [6, 6.07) is 4.01. The van der Waals surface area contributed by atoms with E-state index in [0.717, 1.165) is 36.3 Å². The van der Waals surface area contributed by atoms with Crippen LogP contribution in [-0.2, 0) is 11.3 Å². The fraction of sp³-hybridized carbons (Fsp3) is 0.529. The minimum Gasteiger partial charge on any atom is -0.389 e. The summed E-state index contributed by atoms with van der Waals surface area (Å²) in [6.07, 6.45) is 3.44. The number of aliphatic hydroxyl groups is 1. The van der Waals surface area contributed by atoms with E-state index in [4.69, 9.17) is 0 Å². The fourth-order valence-corrected chi connectivity index (χ4v) is 2.72. The van der Waals surface area contributed by atoms with Gasteiger partial charge in [0.1, 0.15) is 11.6 Å². The van der Waals surface area contributed by atoms with Crippen molar-refractivity contribution < 1.29 is 9.90 Å². The minimum atomic E-state index is -0.456. The predicted molar refractivity (Wildman–Crippen MR) is 85.0 cm³/mol. The molecule has 1 aliphatic rings. The van der Waals surface area contributed by atoms with Gasteiger partial charge < -0.3 is 14.6 Å². The van der Waals surface area contributed by atoms with Gasteiger partial charge in [0.15, 0.2) is 0 Å². The molecule has 1 aromatic heterocycles. The van der Waals surface area contributed by atoms with E-state index in [1.54, 1.807) is 6.08 Å². The van der Waals surface area contributed by atoms with Crippen LogP contribution >= 0.6 is 0 Å². The molecule has 0 radical (unpaired) electrons. The van der Waals surface area contributed by atoms with E-state index in [9.17, 15) is 15.2 Å². The summed E-state index contributed by atoms with van der Waals surface area (Å²) in [4.78, 5) is 13.7. The number of β-amino-alcohol motifs (C(OH)–C–C–N with tert-alkyl or cyclic N) is 1. The quantitative estimate of drug-likeness (QED) is 0.668. The molecule has 1 amide bonds. The van der Waals surface area contributed by atoms with Crippen molar-refractivity contribution >= 4 is 12.0 Å². The van der Waals surface area contributed by atoms with Gasteiger partial charge in [0.2, 0.25) is 0 Å². The maximum absolute atomic E-state index is 12.2. The van der Waals surface area contributed by atoms with Gasteiger partial charge in [-0.15, -0.1) is 0 Å². The van der Waals surface area contributed by atoms with Crippen LogP contribution in [0.1, 0.15) is 36.7 Å². The van der Waals surface area contributed by atoms with Gasteiger partial charge in [0, 0.05) is 31.0 Å². The Morgan fingerprint density at radius 1 is 1.50 bits per heavy atom. The Labute approximate surface area is 131 Å². The maximum atomic E-state index is 12.2. The number of hydrogen-bond acceptors (Lipinski definition) is 3. The molecule has 1 N–H and O–H groups in total. The molecule has 0 spiro atoms. The molecule has 0 atom stereocenters. The van der Waals surface area contributed by atoms with Crippen LogP contribution in [0.4, 0.5) is 0 Å². The lowest BCUT2D eigenvalue weighted by Crippen LogP contribution is -2.53. The summed E-state index contributed by atoms with van der Waals surface area (Å²) in [5.41, 5.74) is 3.26. The van der Waals surface area contributed by atoms with Crippen molar-refractivity contribution in [1.29, 1.82) is 5.26 Å². The number of unbranched alkanes of at least 4 members (excludes halogenated alkanes) is 1. The van der Waals surface area contributed by atoms with Crippen LogP contribution in [0.15, 0.2) is 11.6 Å². The molecule has 118 valence electrons. The van der Waals surface area contributed by atoms with Crippen molar-refractivity contribution in [2.24, 2.45) is 0 Å². The Bertz CT molecular complexity index is 631. The molecular weight excluding hydrogens is 278 g/mol. The first kappa shape index (κ1) is 16.3. The zero-order chi connectivity index (χ0) is 16.3.